The van der Waals surface area contributed by atoms with E-state index in [1.165, 1.54) is 0 Å². The predicted molar refractivity (Wildman–Crippen MR) is 68.4 cm³/mol. The van der Waals surface area contributed by atoms with Crippen LogP contribution in [0.15, 0.2) is 0 Å². The highest BCUT2D eigenvalue weighted by Gasteiger charge is 2.24. The van der Waals surface area contributed by atoms with Crippen molar-refractivity contribution in [1.29, 1.82) is 0 Å². The van der Waals surface area contributed by atoms with E-state index in [1.807, 2.05) is 0 Å². The van der Waals surface area contributed by atoms with Gasteiger partial charge in [0.2, 0.25) is 0 Å². The van der Waals surface area contributed by atoms with Crippen molar-refractivity contribution in [3.05, 3.63) is 0 Å². The van der Waals surface area contributed by atoms with Gasteiger partial charge in [0.1, 0.15) is 0 Å². The molecule has 0 atom stereocenters. The maximum absolute atomic E-state index is 11.5. The average molecular weight is 277 g/mol. The van der Waals surface area contributed by atoms with Crippen LogP contribution in [0.25, 0.3) is 0 Å². The summed E-state index contributed by atoms with van der Waals surface area (Å²) >= 11 is 0. The molecule has 2 aliphatic heterocycles. The molecule has 0 bridgehead atoms. The third-order valence-electron chi connectivity index (χ3n) is 3.11. The van der Waals surface area contributed by atoms with Crippen molar-refractivity contribution in [1.82, 2.24) is 20.4 Å². The molecule has 7 nitrogen and oxygen atoms in total. The van der Waals surface area contributed by atoms with Crippen molar-refractivity contribution in [2.24, 2.45) is 0 Å². The van der Waals surface area contributed by atoms with Crippen molar-refractivity contribution >= 4 is 8.25 Å². The number of nitrogens with one attached hydrogen (secondary N) is 2. The van der Waals surface area contributed by atoms with Gasteiger partial charge in [-0.25, -0.2) is 0 Å². The highest BCUT2D eigenvalue weighted by Crippen LogP contribution is 2.24. The first-order chi connectivity index (χ1) is 8.84. The Balaban J connectivity index is 1.54. The first-order valence-corrected chi connectivity index (χ1v) is 7.53. The summed E-state index contributed by atoms with van der Waals surface area (Å²) in [5.41, 5.74) is 0. The molecule has 0 aliphatic carbocycles. The van der Waals surface area contributed by atoms with Gasteiger partial charge in [0.15, 0.2) is 13.5 Å². The second-order valence-corrected chi connectivity index (χ2v) is 5.44. The van der Waals surface area contributed by atoms with Crippen molar-refractivity contribution in [2.75, 3.05) is 65.8 Å². The number of hydrogen-bond acceptors (Lipinski definition) is 7. The summed E-state index contributed by atoms with van der Waals surface area (Å²) in [6.45, 7) is 8.34. The number of nitrogens with zero attached hydrogens (tertiary/aromatic N) is 2. The lowest BCUT2D eigenvalue weighted by atomic mass is 10.4. The minimum atomic E-state index is -2.00. The van der Waals surface area contributed by atoms with E-state index in [2.05, 4.69) is 20.4 Å². The largest absolute Gasteiger partial charge is 0.700 e. The average Bonchev–Trinajstić information content (AvgIpc) is 2.45. The van der Waals surface area contributed by atoms with E-state index in [0.717, 1.165) is 52.4 Å². The first-order valence-electron chi connectivity index (χ1n) is 6.44. The molecule has 2 N–H and O–H groups in total. The molecule has 2 heterocycles. The van der Waals surface area contributed by atoms with Gasteiger partial charge >= 0.3 is 8.25 Å². The molecule has 18 heavy (non-hydrogen) atoms. The van der Waals surface area contributed by atoms with Crippen LogP contribution in [0.1, 0.15) is 0 Å². The monoisotopic (exact) mass is 277 g/mol. The number of rotatable bonds is 6. The molecule has 0 amide bonds. The fraction of sp³-hybridized carbons (Fsp3) is 1.00. The second-order valence-electron chi connectivity index (χ2n) is 4.48. The van der Waals surface area contributed by atoms with Crippen LogP contribution in [-0.2, 0) is 13.6 Å². The lowest BCUT2D eigenvalue weighted by molar-refractivity contribution is 0.0711. The van der Waals surface area contributed by atoms with Crippen LogP contribution in [0.2, 0.25) is 0 Å². The Morgan fingerprint density at radius 3 is 1.61 bits per heavy atom. The van der Waals surface area contributed by atoms with Crippen molar-refractivity contribution in [3.63, 3.8) is 0 Å². The van der Waals surface area contributed by atoms with Crippen LogP contribution in [-0.4, -0.2) is 75.6 Å². The highest BCUT2D eigenvalue weighted by molar-refractivity contribution is 7.33. The Labute approximate surface area is 109 Å². The third kappa shape index (κ3) is 5.24. The maximum atomic E-state index is 11.5. The molecule has 2 aliphatic rings. The van der Waals surface area contributed by atoms with Crippen molar-refractivity contribution < 1.29 is 13.6 Å². The number of piperazine rings is 2. The fourth-order valence-corrected chi connectivity index (χ4v) is 2.57. The topological polar surface area (TPSA) is 66.1 Å². The second kappa shape index (κ2) is 8.12. The standard InChI is InChI=1S/C10H22N4O3P/c15-18(16-9-13-5-1-11-2-6-13)17-10-14-7-3-12-4-8-14/h11-12H,1-10H2/q+1. The normalized spacial score (nSPS) is 23.1. The lowest BCUT2D eigenvalue weighted by Crippen LogP contribution is -2.44. The molecule has 0 aromatic carbocycles. The fourth-order valence-electron chi connectivity index (χ4n) is 1.98. The van der Waals surface area contributed by atoms with E-state index in [4.69, 9.17) is 9.05 Å². The molecular formula is C10H22N4O3P+. The van der Waals surface area contributed by atoms with Gasteiger partial charge in [-0.1, -0.05) is 0 Å². The summed E-state index contributed by atoms with van der Waals surface area (Å²) in [7, 11) is -2.00. The SMILES string of the molecule is O=[P+](OCN1CCNCC1)OCN1CCNCC1. The van der Waals surface area contributed by atoms with Crippen molar-refractivity contribution in [2.45, 2.75) is 0 Å². The minimum absolute atomic E-state index is 0.387. The quantitative estimate of drug-likeness (QED) is 0.629. The predicted octanol–water partition coefficient (Wildman–Crippen LogP) is -0.598. The Morgan fingerprint density at radius 1 is 0.833 bits per heavy atom. The molecule has 8 heteroatoms. The van der Waals surface area contributed by atoms with E-state index in [-0.39, 0.29) is 0 Å². The highest BCUT2D eigenvalue weighted by atomic mass is 31.1. The van der Waals surface area contributed by atoms with Gasteiger partial charge in [0.25, 0.3) is 0 Å². The van der Waals surface area contributed by atoms with Crippen molar-refractivity contribution in [3.8, 4) is 0 Å². The van der Waals surface area contributed by atoms with Crippen LogP contribution in [0.5, 0.6) is 0 Å². The first kappa shape index (κ1) is 14.3. The summed E-state index contributed by atoms with van der Waals surface area (Å²) in [4.78, 5) is 4.25. The Hall–Kier alpha value is -0.140. The molecule has 2 rings (SSSR count). The summed E-state index contributed by atoms with van der Waals surface area (Å²) in [5.74, 6) is 0. The van der Waals surface area contributed by atoms with E-state index < -0.39 is 8.25 Å². The molecule has 0 radical (unpaired) electrons. The van der Waals surface area contributed by atoms with E-state index in [0.29, 0.717) is 13.5 Å². The number of hydrogen-bond donors (Lipinski definition) is 2. The molecule has 2 saturated heterocycles. The third-order valence-corrected chi connectivity index (χ3v) is 3.76. The zero-order chi connectivity index (χ0) is 12.6. The zero-order valence-corrected chi connectivity index (χ0v) is 11.5. The zero-order valence-electron chi connectivity index (χ0n) is 10.6. The van der Waals surface area contributed by atoms with Crippen LogP contribution < -0.4 is 10.6 Å². The molecule has 0 aromatic heterocycles. The van der Waals surface area contributed by atoms with Gasteiger partial charge in [0, 0.05) is 56.9 Å². The summed E-state index contributed by atoms with van der Waals surface area (Å²) in [6.07, 6.45) is 0. The Bertz CT molecular complexity index is 234. The molecule has 2 fully saturated rings. The van der Waals surface area contributed by atoms with Gasteiger partial charge in [-0.05, 0) is 0 Å². The summed E-state index contributed by atoms with van der Waals surface area (Å²) < 4.78 is 22.0. The van der Waals surface area contributed by atoms with Gasteiger partial charge in [-0.3, -0.25) is 9.80 Å². The minimum Gasteiger partial charge on any atom is -0.314 e. The van der Waals surface area contributed by atoms with Gasteiger partial charge in [-0.2, -0.15) is 0 Å². The summed E-state index contributed by atoms with van der Waals surface area (Å²) in [5, 5.41) is 6.51. The molecule has 0 saturated carbocycles. The van der Waals surface area contributed by atoms with Gasteiger partial charge < -0.3 is 10.6 Å². The van der Waals surface area contributed by atoms with Crippen LogP contribution in [0.3, 0.4) is 0 Å². The van der Waals surface area contributed by atoms with E-state index >= 15 is 0 Å². The van der Waals surface area contributed by atoms with Crippen LogP contribution >= 0.6 is 8.25 Å². The maximum Gasteiger partial charge on any atom is 0.700 e. The molecule has 0 spiro atoms. The van der Waals surface area contributed by atoms with E-state index in [9.17, 15) is 4.57 Å². The van der Waals surface area contributed by atoms with Gasteiger partial charge in [0.05, 0.1) is 0 Å². The lowest BCUT2D eigenvalue weighted by Gasteiger charge is -2.25. The van der Waals surface area contributed by atoms with Crippen LogP contribution in [0.4, 0.5) is 0 Å². The Morgan fingerprint density at radius 2 is 1.22 bits per heavy atom. The smallest absolute Gasteiger partial charge is 0.314 e. The van der Waals surface area contributed by atoms with Gasteiger partial charge in [-0.15, -0.1) is 9.05 Å². The molecule has 0 aromatic rings. The molecule has 104 valence electrons. The summed E-state index contributed by atoms with van der Waals surface area (Å²) in [6, 6.07) is 0. The van der Waals surface area contributed by atoms with Crippen LogP contribution in [0, 0.1) is 0 Å². The Kier molecular flexibility index (Phi) is 6.44. The van der Waals surface area contributed by atoms with E-state index in [1.54, 1.807) is 0 Å². The molecule has 0 unspecified atom stereocenters. The molecular weight excluding hydrogens is 255 g/mol.